The fraction of sp³-hybridized carbons (Fsp3) is 0.500. The van der Waals surface area contributed by atoms with E-state index in [-0.39, 0.29) is 12.0 Å². The average Bonchev–Trinajstić information content (AvgIpc) is 2.29. The lowest BCUT2D eigenvalue weighted by molar-refractivity contribution is -0.123. The Morgan fingerprint density at radius 3 is 2.61 bits per heavy atom. The zero-order chi connectivity index (χ0) is 13.4. The molecule has 0 unspecified atom stereocenters. The van der Waals surface area contributed by atoms with Crippen LogP contribution < -0.4 is 11.1 Å². The largest absolute Gasteiger partial charge is 0.371 e. The Balaban J connectivity index is 2.22. The number of hydrogen-bond acceptors (Lipinski definition) is 3. The van der Waals surface area contributed by atoms with Gasteiger partial charge < -0.3 is 15.8 Å². The minimum absolute atomic E-state index is 0.0118. The number of ether oxygens (including phenoxy) is 1. The summed E-state index contributed by atoms with van der Waals surface area (Å²) in [5.74, 6) is -0.428. The first-order valence-corrected chi connectivity index (χ1v) is 6.10. The van der Waals surface area contributed by atoms with Crippen molar-refractivity contribution in [2.45, 2.75) is 20.4 Å². The van der Waals surface area contributed by atoms with Gasteiger partial charge in [0.05, 0.1) is 6.61 Å². The first-order chi connectivity index (χ1) is 8.49. The Hall–Kier alpha value is -1.39. The number of nitrogens with one attached hydrogen (secondary N) is 1. The quantitative estimate of drug-likeness (QED) is 0.731. The van der Waals surface area contributed by atoms with Crippen LogP contribution in [-0.4, -0.2) is 25.7 Å². The molecule has 4 nitrogen and oxygen atoms in total. The van der Waals surface area contributed by atoms with Crippen molar-refractivity contribution in [1.29, 1.82) is 0 Å². The molecule has 1 aromatic rings. The molecule has 4 heteroatoms. The third-order valence-electron chi connectivity index (χ3n) is 2.51. The minimum atomic E-state index is -0.428. The molecule has 0 saturated carbocycles. The summed E-state index contributed by atoms with van der Waals surface area (Å²) >= 11 is 0. The van der Waals surface area contributed by atoms with Gasteiger partial charge in [-0.2, -0.15) is 0 Å². The molecule has 18 heavy (non-hydrogen) atoms. The summed E-state index contributed by atoms with van der Waals surface area (Å²) in [7, 11) is 0. The van der Waals surface area contributed by atoms with E-state index in [4.69, 9.17) is 10.5 Å². The minimum Gasteiger partial charge on any atom is -0.371 e. The van der Waals surface area contributed by atoms with Crippen molar-refractivity contribution in [3.05, 3.63) is 35.9 Å². The third-order valence-corrected chi connectivity index (χ3v) is 2.51. The zero-order valence-corrected chi connectivity index (χ0v) is 11.1. The number of amides is 1. The molecule has 0 heterocycles. The van der Waals surface area contributed by atoms with Crippen LogP contribution in [0.25, 0.3) is 0 Å². The van der Waals surface area contributed by atoms with Crippen LogP contribution in [0.4, 0.5) is 0 Å². The lowest BCUT2D eigenvalue weighted by Crippen LogP contribution is -2.34. The van der Waals surface area contributed by atoms with Crippen LogP contribution in [0.2, 0.25) is 0 Å². The van der Waals surface area contributed by atoms with E-state index in [1.807, 2.05) is 18.2 Å². The van der Waals surface area contributed by atoms with Crippen LogP contribution in [0.1, 0.15) is 19.4 Å². The molecule has 0 bridgehead atoms. The predicted molar refractivity (Wildman–Crippen MR) is 71.9 cm³/mol. The van der Waals surface area contributed by atoms with Gasteiger partial charge in [-0.1, -0.05) is 44.2 Å². The van der Waals surface area contributed by atoms with Gasteiger partial charge in [0.1, 0.15) is 6.61 Å². The van der Waals surface area contributed by atoms with Gasteiger partial charge in [0.15, 0.2) is 0 Å². The molecule has 0 aliphatic rings. The van der Waals surface area contributed by atoms with Gasteiger partial charge in [-0.25, -0.2) is 0 Å². The maximum absolute atomic E-state index is 10.6. The predicted octanol–water partition coefficient (Wildman–Crippen LogP) is 1.30. The van der Waals surface area contributed by atoms with Crippen LogP contribution >= 0.6 is 0 Å². The van der Waals surface area contributed by atoms with E-state index in [0.29, 0.717) is 6.61 Å². The van der Waals surface area contributed by atoms with E-state index in [9.17, 15) is 4.79 Å². The molecule has 1 rings (SSSR count). The number of hydrogen-bond donors (Lipinski definition) is 2. The third kappa shape index (κ3) is 6.37. The van der Waals surface area contributed by atoms with Crippen molar-refractivity contribution in [2.24, 2.45) is 11.1 Å². The van der Waals surface area contributed by atoms with E-state index in [0.717, 1.165) is 13.1 Å². The second kappa shape index (κ2) is 7.13. The molecular weight excluding hydrogens is 228 g/mol. The maximum Gasteiger partial charge on any atom is 0.243 e. The van der Waals surface area contributed by atoms with Crippen LogP contribution in [0, 0.1) is 5.41 Å². The zero-order valence-electron chi connectivity index (χ0n) is 11.1. The topological polar surface area (TPSA) is 64.3 Å². The highest BCUT2D eigenvalue weighted by atomic mass is 16.5. The van der Waals surface area contributed by atoms with Gasteiger partial charge in [0.25, 0.3) is 0 Å². The fourth-order valence-corrected chi connectivity index (χ4v) is 1.62. The molecule has 1 aromatic carbocycles. The Kier molecular flexibility index (Phi) is 5.82. The van der Waals surface area contributed by atoms with Crippen LogP contribution in [0.5, 0.6) is 0 Å². The lowest BCUT2D eigenvalue weighted by Gasteiger charge is -2.24. The molecule has 0 aliphatic heterocycles. The summed E-state index contributed by atoms with van der Waals surface area (Å²) in [4.78, 5) is 10.6. The molecule has 0 fully saturated rings. The molecule has 0 atom stereocenters. The Bertz CT molecular complexity index is 363. The van der Waals surface area contributed by atoms with Gasteiger partial charge in [0, 0.05) is 18.5 Å². The second-order valence-corrected chi connectivity index (χ2v) is 5.21. The number of carbonyl (C=O) groups is 1. The van der Waals surface area contributed by atoms with Crippen molar-refractivity contribution in [1.82, 2.24) is 5.32 Å². The Morgan fingerprint density at radius 2 is 2.00 bits per heavy atom. The molecule has 0 aromatic heterocycles. The first-order valence-electron chi connectivity index (χ1n) is 6.10. The van der Waals surface area contributed by atoms with Gasteiger partial charge >= 0.3 is 0 Å². The van der Waals surface area contributed by atoms with Crippen molar-refractivity contribution < 1.29 is 9.53 Å². The van der Waals surface area contributed by atoms with Crippen LogP contribution in [0.3, 0.4) is 0 Å². The Labute approximate surface area is 109 Å². The Morgan fingerprint density at radius 1 is 1.33 bits per heavy atom. The molecular formula is C14H22N2O2. The summed E-state index contributed by atoms with van der Waals surface area (Å²) in [6, 6.07) is 10.2. The normalized spacial score (nSPS) is 11.4. The monoisotopic (exact) mass is 250 g/mol. The summed E-state index contributed by atoms with van der Waals surface area (Å²) < 4.78 is 5.25. The highest BCUT2D eigenvalue weighted by Crippen LogP contribution is 2.14. The average molecular weight is 250 g/mol. The maximum atomic E-state index is 10.6. The van der Waals surface area contributed by atoms with Crippen molar-refractivity contribution in [3.63, 3.8) is 0 Å². The molecule has 3 N–H and O–H groups in total. The number of primary amides is 1. The van der Waals surface area contributed by atoms with Gasteiger partial charge in [0.2, 0.25) is 5.91 Å². The van der Waals surface area contributed by atoms with Crippen molar-refractivity contribution in [3.8, 4) is 0 Å². The van der Waals surface area contributed by atoms with Crippen LogP contribution in [0.15, 0.2) is 30.3 Å². The number of benzene rings is 1. The van der Waals surface area contributed by atoms with Gasteiger partial charge in [-0.3, -0.25) is 4.79 Å². The lowest BCUT2D eigenvalue weighted by atomic mass is 9.95. The smallest absolute Gasteiger partial charge is 0.243 e. The first kappa shape index (κ1) is 14.7. The molecule has 0 saturated heterocycles. The van der Waals surface area contributed by atoms with Crippen molar-refractivity contribution in [2.75, 3.05) is 19.8 Å². The number of nitrogens with two attached hydrogens (primary N) is 1. The fourth-order valence-electron chi connectivity index (χ4n) is 1.62. The number of rotatable bonds is 8. The molecule has 0 aliphatic carbocycles. The van der Waals surface area contributed by atoms with Gasteiger partial charge in [-0.05, 0) is 5.56 Å². The SMILES string of the molecule is CC(C)(CNCc1ccccc1)COCC(N)=O. The molecule has 1 amide bonds. The summed E-state index contributed by atoms with van der Waals surface area (Å²) in [6.07, 6.45) is 0. The van der Waals surface area contributed by atoms with Crippen molar-refractivity contribution >= 4 is 5.91 Å². The van der Waals surface area contributed by atoms with E-state index in [2.05, 4.69) is 31.3 Å². The second-order valence-electron chi connectivity index (χ2n) is 5.21. The standard InChI is InChI=1S/C14H22N2O2/c1-14(2,11-18-9-13(15)17)10-16-8-12-6-4-3-5-7-12/h3-7,16H,8-11H2,1-2H3,(H2,15,17). The van der Waals surface area contributed by atoms with E-state index >= 15 is 0 Å². The van der Waals surface area contributed by atoms with Gasteiger partial charge in [-0.15, -0.1) is 0 Å². The number of carbonyl (C=O) groups excluding carboxylic acids is 1. The van der Waals surface area contributed by atoms with E-state index < -0.39 is 5.91 Å². The van der Waals surface area contributed by atoms with E-state index in [1.54, 1.807) is 0 Å². The molecule has 100 valence electrons. The highest BCUT2D eigenvalue weighted by Gasteiger charge is 2.17. The summed E-state index contributed by atoms with van der Waals surface area (Å²) in [5, 5.41) is 3.38. The molecule has 0 radical (unpaired) electrons. The highest BCUT2D eigenvalue weighted by molar-refractivity contribution is 5.74. The van der Waals surface area contributed by atoms with Crippen LogP contribution in [-0.2, 0) is 16.1 Å². The summed E-state index contributed by atoms with van der Waals surface area (Å²) in [5.41, 5.74) is 6.25. The molecule has 0 spiro atoms. The van der Waals surface area contributed by atoms with E-state index in [1.165, 1.54) is 5.56 Å². The summed E-state index contributed by atoms with van der Waals surface area (Å²) in [6.45, 7) is 6.33.